The Morgan fingerprint density at radius 3 is 2.83 bits per heavy atom. The van der Waals surface area contributed by atoms with Crippen molar-refractivity contribution in [1.82, 2.24) is 14.8 Å². The van der Waals surface area contributed by atoms with Crippen molar-refractivity contribution in [3.05, 3.63) is 18.4 Å². The van der Waals surface area contributed by atoms with Crippen molar-refractivity contribution in [2.45, 2.75) is 55.5 Å². The van der Waals surface area contributed by atoms with E-state index in [0.717, 1.165) is 23.8 Å². The number of methoxy groups -OCH3 is 1. The predicted octanol–water partition coefficient (Wildman–Crippen LogP) is 3.70. The first-order chi connectivity index (χ1) is 11.2. The van der Waals surface area contributed by atoms with Gasteiger partial charge in [-0.15, -0.1) is 10.2 Å². The fraction of sp³-hybridized carbons (Fsp3) is 0.562. The van der Waals surface area contributed by atoms with Crippen molar-refractivity contribution in [2.75, 3.05) is 7.11 Å². The van der Waals surface area contributed by atoms with Crippen LogP contribution in [-0.2, 0) is 9.53 Å². The number of thioether (sulfide) groups is 1. The van der Waals surface area contributed by atoms with Gasteiger partial charge >= 0.3 is 5.97 Å². The summed E-state index contributed by atoms with van der Waals surface area (Å²) in [5.74, 6) is 1.19. The van der Waals surface area contributed by atoms with E-state index >= 15 is 0 Å². The number of ether oxygens (including phenoxy) is 1. The first-order valence-electron chi connectivity index (χ1n) is 7.94. The lowest BCUT2D eigenvalue weighted by atomic mass is 9.95. The minimum absolute atomic E-state index is 0.257. The number of aromatic nitrogens is 3. The standard InChI is InChI=1S/C16H21N3O3S/c1-11(15(20)21-2)23-16-18-17-14(13-9-6-10-22-13)19(16)12-7-4-3-5-8-12/h6,9-12H,3-5,7-8H2,1-2H3. The summed E-state index contributed by atoms with van der Waals surface area (Å²) in [6, 6.07) is 4.09. The van der Waals surface area contributed by atoms with Crippen LogP contribution < -0.4 is 0 Å². The summed E-state index contributed by atoms with van der Waals surface area (Å²) in [4.78, 5) is 11.7. The van der Waals surface area contributed by atoms with E-state index in [1.807, 2.05) is 19.1 Å². The number of carbonyl (C=O) groups excluding carboxylic acids is 1. The third-order valence-electron chi connectivity index (χ3n) is 4.16. The summed E-state index contributed by atoms with van der Waals surface area (Å²) < 4.78 is 12.5. The number of hydrogen-bond donors (Lipinski definition) is 0. The number of nitrogens with zero attached hydrogens (tertiary/aromatic N) is 3. The van der Waals surface area contributed by atoms with E-state index in [2.05, 4.69) is 14.8 Å². The van der Waals surface area contributed by atoms with E-state index in [1.165, 1.54) is 38.1 Å². The van der Waals surface area contributed by atoms with Gasteiger partial charge in [-0.05, 0) is 31.9 Å². The third kappa shape index (κ3) is 3.44. The maximum Gasteiger partial charge on any atom is 0.318 e. The van der Waals surface area contributed by atoms with E-state index in [-0.39, 0.29) is 11.2 Å². The lowest BCUT2D eigenvalue weighted by molar-refractivity contribution is -0.139. The molecule has 7 heteroatoms. The predicted molar refractivity (Wildman–Crippen MR) is 87.2 cm³/mol. The molecule has 0 bridgehead atoms. The molecule has 124 valence electrons. The summed E-state index contributed by atoms with van der Waals surface area (Å²) in [7, 11) is 1.40. The highest BCUT2D eigenvalue weighted by molar-refractivity contribution is 8.00. The first-order valence-corrected chi connectivity index (χ1v) is 8.82. The van der Waals surface area contributed by atoms with Gasteiger partial charge in [0.25, 0.3) is 0 Å². The van der Waals surface area contributed by atoms with Crippen LogP contribution in [-0.4, -0.2) is 33.1 Å². The molecule has 0 radical (unpaired) electrons. The molecule has 2 heterocycles. The lowest BCUT2D eigenvalue weighted by Crippen LogP contribution is -2.18. The third-order valence-corrected chi connectivity index (χ3v) is 5.20. The van der Waals surface area contributed by atoms with Crippen molar-refractivity contribution >= 4 is 17.7 Å². The first kappa shape index (κ1) is 16.1. The summed E-state index contributed by atoms with van der Waals surface area (Å²) in [5, 5.41) is 9.06. The molecule has 0 spiro atoms. The molecule has 23 heavy (non-hydrogen) atoms. The molecule has 1 unspecified atom stereocenters. The van der Waals surface area contributed by atoms with Crippen LogP contribution in [0.25, 0.3) is 11.6 Å². The van der Waals surface area contributed by atoms with Crippen LogP contribution >= 0.6 is 11.8 Å². The van der Waals surface area contributed by atoms with Crippen LogP contribution in [0.4, 0.5) is 0 Å². The fourth-order valence-corrected chi connectivity index (χ4v) is 3.92. The Hall–Kier alpha value is -1.76. The molecular weight excluding hydrogens is 314 g/mol. The molecular formula is C16H21N3O3S. The number of rotatable bonds is 5. The quantitative estimate of drug-likeness (QED) is 0.613. The monoisotopic (exact) mass is 335 g/mol. The molecule has 2 aromatic rings. The molecule has 1 aliphatic rings. The van der Waals surface area contributed by atoms with Gasteiger partial charge in [0.1, 0.15) is 5.25 Å². The number of hydrogen-bond acceptors (Lipinski definition) is 6. The van der Waals surface area contributed by atoms with E-state index in [1.54, 1.807) is 6.26 Å². The largest absolute Gasteiger partial charge is 0.468 e. The van der Waals surface area contributed by atoms with Crippen LogP contribution in [0.5, 0.6) is 0 Å². The lowest BCUT2D eigenvalue weighted by Gasteiger charge is -2.25. The molecule has 1 atom stereocenters. The van der Waals surface area contributed by atoms with Crippen LogP contribution in [0.3, 0.4) is 0 Å². The molecule has 0 aliphatic heterocycles. The molecule has 0 aromatic carbocycles. The molecule has 6 nitrogen and oxygen atoms in total. The zero-order chi connectivity index (χ0) is 16.2. The van der Waals surface area contributed by atoms with Crippen molar-refractivity contribution in [2.24, 2.45) is 0 Å². The van der Waals surface area contributed by atoms with Gasteiger partial charge in [0.05, 0.1) is 13.4 Å². The summed E-state index contributed by atoms with van der Waals surface area (Å²) >= 11 is 1.39. The number of carbonyl (C=O) groups is 1. The van der Waals surface area contributed by atoms with Crippen molar-refractivity contribution in [1.29, 1.82) is 0 Å². The van der Waals surface area contributed by atoms with Gasteiger partial charge in [-0.3, -0.25) is 9.36 Å². The Labute approximate surface area is 139 Å². The highest BCUT2D eigenvalue weighted by Gasteiger charge is 2.27. The Balaban J connectivity index is 1.93. The Kier molecular flexibility index (Phi) is 5.05. The normalized spacial score (nSPS) is 17.1. The maximum atomic E-state index is 11.7. The van der Waals surface area contributed by atoms with Crippen LogP contribution in [0.2, 0.25) is 0 Å². The summed E-state index contributed by atoms with van der Waals surface area (Å²) in [6.45, 7) is 1.82. The second kappa shape index (κ2) is 7.21. The van der Waals surface area contributed by atoms with Crippen molar-refractivity contribution in [3.8, 4) is 11.6 Å². The van der Waals surface area contributed by atoms with Crippen LogP contribution in [0.1, 0.15) is 45.1 Å². The highest BCUT2D eigenvalue weighted by Crippen LogP contribution is 2.36. The molecule has 3 rings (SSSR count). The molecule has 0 amide bonds. The van der Waals surface area contributed by atoms with Gasteiger partial charge in [-0.1, -0.05) is 31.0 Å². The summed E-state index contributed by atoms with van der Waals surface area (Å²) in [5.41, 5.74) is 0. The minimum atomic E-state index is -0.323. The Bertz CT molecular complexity index is 648. The second-order valence-electron chi connectivity index (χ2n) is 5.73. The molecule has 1 aliphatic carbocycles. The molecule has 0 saturated heterocycles. The van der Waals surface area contributed by atoms with Gasteiger partial charge < -0.3 is 9.15 Å². The van der Waals surface area contributed by atoms with E-state index < -0.39 is 0 Å². The maximum absolute atomic E-state index is 11.7. The van der Waals surface area contributed by atoms with Gasteiger partial charge in [0.15, 0.2) is 10.9 Å². The SMILES string of the molecule is COC(=O)C(C)Sc1nnc(-c2ccco2)n1C1CCCCC1. The fourth-order valence-electron chi connectivity index (χ4n) is 2.97. The van der Waals surface area contributed by atoms with Gasteiger partial charge in [-0.2, -0.15) is 0 Å². The van der Waals surface area contributed by atoms with Crippen LogP contribution in [0, 0.1) is 0 Å². The Morgan fingerprint density at radius 2 is 2.17 bits per heavy atom. The number of esters is 1. The minimum Gasteiger partial charge on any atom is -0.468 e. The average Bonchev–Trinajstić information content (AvgIpc) is 3.24. The van der Waals surface area contributed by atoms with E-state index in [9.17, 15) is 4.79 Å². The van der Waals surface area contributed by atoms with Gasteiger partial charge in [-0.25, -0.2) is 0 Å². The molecule has 0 N–H and O–H groups in total. The Morgan fingerprint density at radius 1 is 1.39 bits per heavy atom. The second-order valence-corrected chi connectivity index (χ2v) is 7.04. The van der Waals surface area contributed by atoms with Crippen molar-refractivity contribution in [3.63, 3.8) is 0 Å². The smallest absolute Gasteiger partial charge is 0.318 e. The van der Waals surface area contributed by atoms with Crippen molar-refractivity contribution < 1.29 is 13.9 Å². The zero-order valence-corrected chi connectivity index (χ0v) is 14.2. The molecule has 2 aromatic heterocycles. The van der Waals surface area contributed by atoms with E-state index in [0.29, 0.717) is 11.8 Å². The highest BCUT2D eigenvalue weighted by atomic mass is 32.2. The van der Waals surface area contributed by atoms with Gasteiger partial charge in [0.2, 0.25) is 5.82 Å². The van der Waals surface area contributed by atoms with E-state index in [4.69, 9.17) is 9.15 Å². The zero-order valence-electron chi connectivity index (χ0n) is 13.4. The van der Waals surface area contributed by atoms with Gasteiger partial charge in [0, 0.05) is 6.04 Å². The molecule has 1 fully saturated rings. The molecule has 1 saturated carbocycles. The number of furan rings is 1. The average molecular weight is 335 g/mol. The van der Waals surface area contributed by atoms with Crippen LogP contribution in [0.15, 0.2) is 28.0 Å². The topological polar surface area (TPSA) is 70.2 Å². The summed E-state index contributed by atoms with van der Waals surface area (Å²) in [6.07, 6.45) is 7.53.